The summed E-state index contributed by atoms with van der Waals surface area (Å²) in [5, 5.41) is 3.06. The van der Waals surface area contributed by atoms with E-state index in [1.54, 1.807) is 0 Å². The Morgan fingerprint density at radius 3 is 1.48 bits per heavy atom. The maximum atomic E-state index is 12.0. The number of carbonyl (C=O) groups is 1. The summed E-state index contributed by atoms with van der Waals surface area (Å²) in [7, 11) is -2.04. The topological polar surface area (TPSA) is 47.6 Å². The van der Waals surface area contributed by atoms with Gasteiger partial charge in [0, 0.05) is 26.2 Å². The van der Waals surface area contributed by atoms with Gasteiger partial charge in [0.25, 0.3) is 0 Å². The highest BCUT2D eigenvalue weighted by molar-refractivity contribution is 6.66. The van der Waals surface area contributed by atoms with Crippen molar-refractivity contribution in [3.8, 4) is 0 Å². The Morgan fingerprint density at radius 2 is 1.06 bits per heavy atom. The first-order chi connectivity index (χ1) is 15.1. The predicted octanol–water partition coefficient (Wildman–Crippen LogP) is 7.90. The maximum Gasteiger partial charge on any atom is 0.334 e. The minimum atomic E-state index is -2.04. The summed E-state index contributed by atoms with van der Waals surface area (Å²) in [6.07, 6.45) is 21.9. The molecule has 0 radical (unpaired) electrons. The average molecular weight is 458 g/mol. The van der Waals surface area contributed by atoms with Crippen LogP contribution in [-0.4, -0.2) is 34.2 Å². The number of hydrogen-bond donors (Lipinski definition) is 1. The van der Waals surface area contributed by atoms with E-state index in [0.717, 1.165) is 25.4 Å². The van der Waals surface area contributed by atoms with E-state index >= 15 is 0 Å². The van der Waals surface area contributed by atoms with Crippen LogP contribution in [0.5, 0.6) is 0 Å². The highest BCUT2D eigenvalue weighted by atomic mass is 28.4. The monoisotopic (exact) mass is 457 g/mol. The number of unbranched alkanes of at least 4 members (excludes halogenated alkanes) is 14. The molecule has 0 saturated carbocycles. The van der Waals surface area contributed by atoms with Crippen molar-refractivity contribution in [1.29, 1.82) is 0 Å². The minimum absolute atomic E-state index is 0.200. The quantitative estimate of drug-likeness (QED) is 0.118. The van der Waals surface area contributed by atoms with Gasteiger partial charge in [-0.05, 0) is 39.3 Å². The molecule has 4 nitrogen and oxygen atoms in total. The molecule has 0 aromatic rings. The lowest BCUT2D eigenvalue weighted by atomic mass is 10.0. The molecule has 0 heterocycles. The highest BCUT2D eigenvalue weighted by Gasteiger charge is 2.29. The Morgan fingerprint density at radius 1 is 0.645 bits per heavy atom. The van der Waals surface area contributed by atoms with Crippen LogP contribution in [0.1, 0.15) is 130 Å². The molecule has 1 amide bonds. The minimum Gasteiger partial charge on any atom is -0.395 e. The Hall–Kier alpha value is -0.393. The summed E-state index contributed by atoms with van der Waals surface area (Å²) >= 11 is 0. The summed E-state index contributed by atoms with van der Waals surface area (Å²) < 4.78 is 11.7. The van der Waals surface area contributed by atoms with E-state index in [1.807, 2.05) is 13.8 Å². The van der Waals surface area contributed by atoms with Crippen molar-refractivity contribution in [3.63, 3.8) is 0 Å². The fraction of sp³-hybridized carbons (Fsp3) is 0.962. The molecule has 0 aliphatic carbocycles. The molecular formula is C26H55NO3Si. The van der Waals surface area contributed by atoms with Gasteiger partial charge in [-0.2, -0.15) is 0 Å². The Kier molecular flexibility index (Phi) is 22.5. The molecule has 0 fully saturated rings. The molecule has 0 saturated heterocycles. The van der Waals surface area contributed by atoms with Gasteiger partial charge in [0.15, 0.2) is 0 Å². The van der Waals surface area contributed by atoms with Crippen molar-refractivity contribution in [1.82, 2.24) is 5.32 Å². The summed E-state index contributed by atoms with van der Waals surface area (Å²) in [5.41, 5.74) is 0. The van der Waals surface area contributed by atoms with Crippen LogP contribution in [0.15, 0.2) is 0 Å². The van der Waals surface area contributed by atoms with Crippen LogP contribution in [0.2, 0.25) is 12.6 Å². The Balaban J connectivity index is 3.38. The van der Waals surface area contributed by atoms with Crippen molar-refractivity contribution in [2.75, 3.05) is 19.8 Å². The molecule has 0 bridgehead atoms. The zero-order chi connectivity index (χ0) is 23.0. The fourth-order valence-electron chi connectivity index (χ4n) is 4.18. The average Bonchev–Trinajstić information content (AvgIpc) is 2.74. The predicted molar refractivity (Wildman–Crippen MR) is 137 cm³/mol. The molecule has 186 valence electrons. The van der Waals surface area contributed by atoms with Gasteiger partial charge < -0.3 is 14.2 Å². The number of carbonyl (C=O) groups excluding carboxylic acids is 1. The van der Waals surface area contributed by atoms with E-state index in [1.165, 1.54) is 89.9 Å². The lowest BCUT2D eigenvalue weighted by Crippen LogP contribution is -2.39. The van der Waals surface area contributed by atoms with Crippen LogP contribution in [-0.2, 0) is 13.6 Å². The molecule has 0 unspecified atom stereocenters. The van der Waals surface area contributed by atoms with Gasteiger partial charge >= 0.3 is 8.56 Å². The number of nitrogens with one attached hydrogen (secondary N) is 1. The molecule has 0 aromatic carbocycles. The van der Waals surface area contributed by atoms with Crippen LogP contribution in [0.25, 0.3) is 0 Å². The van der Waals surface area contributed by atoms with E-state index in [9.17, 15) is 4.79 Å². The molecule has 0 aliphatic heterocycles. The largest absolute Gasteiger partial charge is 0.395 e. The maximum absolute atomic E-state index is 12.0. The van der Waals surface area contributed by atoms with Crippen molar-refractivity contribution >= 4 is 14.5 Å². The third kappa shape index (κ3) is 21.2. The number of hydrogen-bond acceptors (Lipinski definition) is 3. The van der Waals surface area contributed by atoms with Crippen molar-refractivity contribution in [3.05, 3.63) is 0 Å². The first kappa shape index (κ1) is 30.6. The highest BCUT2D eigenvalue weighted by Crippen LogP contribution is 2.16. The standard InChI is InChI=1S/C26H55NO3Si/c1-5-8-9-10-11-12-13-14-15-16-17-18-19-20-21-23-26(28)27-24-22-25-31(4,29-6-2)30-7-3/h5-25H2,1-4H3,(H,27,28). The van der Waals surface area contributed by atoms with Gasteiger partial charge in [-0.1, -0.05) is 96.8 Å². The van der Waals surface area contributed by atoms with Gasteiger partial charge in [0.05, 0.1) is 0 Å². The number of amides is 1. The van der Waals surface area contributed by atoms with Crippen molar-refractivity contribution < 1.29 is 13.6 Å². The van der Waals surface area contributed by atoms with Gasteiger partial charge in [0.2, 0.25) is 5.91 Å². The normalized spacial score (nSPS) is 11.7. The molecule has 0 aliphatic rings. The summed E-state index contributed by atoms with van der Waals surface area (Å²) in [6.45, 7) is 10.6. The van der Waals surface area contributed by atoms with Crippen molar-refractivity contribution in [2.24, 2.45) is 0 Å². The Bertz CT molecular complexity index is 387. The van der Waals surface area contributed by atoms with Gasteiger partial charge in [-0.25, -0.2) is 0 Å². The van der Waals surface area contributed by atoms with Gasteiger partial charge in [-0.15, -0.1) is 0 Å². The van der Waals surface area contributed by atoms with Crippen LogP contribution in [0.4, 0.5) is 0 Å². The lowest BCUT2D eigenvalue weighted by Gasteiger charge is -2.25. The van der Waals surface area contributed by atoms with Gasteiger partial charge in [-0.3, -0.25) is 4.79 Å². The SMILES string of the molecule is CCCCCCCCCCCCCCCCCC(=O)NCCC[Si](C)(OCC)OCC. The molecule has 31 heavy (non-hydrogen) atoms. The van der Waals surface area contributed by atoms with Crippen LogP contribution < -0.4 is 5.32 Å². The fourth-order valence-corrected chi connectivity index (χ4v) is 6.59. The third-order valence-corrected chi connectivity index (χ3v) is 9.10. The van der Waals surface area contributed by atoms with E-state index in [-0.39, 0.29) is 5.91 Å². The third-order valence-electron chi connectivity index (χ3n) is 6.04. The second-order valence-corrected chi connectivity index (χ2v) is 12.5. The first-order valence-electron chi connectivity index (χ1n) is 13.6. The first-order valence-corrected chi connectivity index (χ1v) is 16.1. The smallest absolute Gasteiger partial charge is 0.334 e. The van der Waals surface area contributed by atoms with Crippen LogP contribution in [0.3, 0.4) is 0 Å². The summed E-state index contributed by atoms with van der Waals surface area (Å²) in [5.74, 6) is 0.200. The summed E-state index contributed by atoms with van der Waals surface area (Å²) in [4.78, 5) is 12.0. The van der Waals surface area contributed by atoms with Crippen molar-refractivity contribution in [2.45, 2.75) is 143 Å². The van der Waals surface area contributed by atoms with Crippen LogP contribution in [0, 0.1) is 0 Å². The van der Waals surface area contributed by atoms with E-state index in [0.29, 0.717) is 19.6 Å². The van der Waals surface area contributed by atoms with Crippen LogP contribution >= 0.6 is 0 Å². The molecule has 0 aromatic heterocycles. The molecule has 0 rings (SSSR count). The molecule has 0 atom stereocenters. The van der Waals surface area contributed by atoms with E-state index in [2.05, 4.69) is 18.8 Å². The number of rotatable bonds is 24. The zero-order valence-electron chi connectivity index (χ0n) is 21.6. The Labute approximate surface area is 195 Å². The van der Waals surface area contributed by atoms with Gasteiger partial charge in [0.1, 0.15) is 0 Å². The van der Waals surface area contributed by atoms with E-state index < -0.39 is 8.56 Å². The molecule has 5 heteroatoms. The second kappa shape index (κ2) is 22.8. The molecule has 1 N–H and O–H groups in total. The van der Waals surface area contributed by atoms with E-state index in [4.69, 9.17) is 8.85 Å². The second-order valence-electron chi connectivity index (χ2n) is 9.15. The molecular weight excluding hydrogens is 402 g/mol. The lowest BCUT2D eigenvalue weighted by molar-refractivity contribution is -0.121. The molecule has 0 spiro atoms. The zero-order valence-corrected chi connectivity index (χ0v) is 22.6. The summed E-state index contributed by atoms with van der Waals surface area (Å²) in [6, 6.07) is 0.938.